The van der Waals surface area contributed by atoms with E-state index in [1.165, 1.54) is 6.07 Å². The molecule has 3 fully saturated rings. The summed E-state index contributed by atoms with van der Waals surface area (Å²) in [5, 5.41) is 7.18. The molecule has 0 radical (unpaired) electrons. The summed E-state index contributed by atoms with van der Waals surface area (Å²) in [5.41, 5.74) is -0.397. The van der Waals surface area contributed by atoms with Gasteiger partial charge in [0.25, 0.3) is 0 Å². The van der Waals surface area contributed by atoms with E-state index in [-0.39, 0.29) is 45.9 Å². The van der Waals surface area contributed by atoms with Crippen LogP contribution in [0.1, 0.15) is 90.5 Å². The summed E-state index contributed by atoms with van der Waals surface area (Å²) in [5.74, 6) is 0.868. The number of benzene rings is 2. The van der Waals surface area contributed by atoms with Crippen LogP contribution in [0.2, 0.25) is 5.02 Å². The topological polar surface area (TPSA) is 157 Å². The van der Waals surface area contributed by atoms with E-state index in [1.54, 1.807) is 69.2 Å². The minimum Gasteiger partial charge on any atom is -0.405 e. The zero-order valence-electron chi connectivity index (χ0n) is 39.9. The molecule has 2 N–H and O–H groups in total. The lowest BCUT2D eigenvalue weighted by Crippen LogP contribution is -2.41. The van der Waals surface area contributed by atoms with E-state index < -0.39 is 44.0 Å². The summed E-state index contributed by atoms with van der Waals surface area (Å²) < 4.78 is 65.6. The van der Waals surface area contributed by atoms with E-state index in [9.17, 15) is 4.39 Å². The van der Waals surface area contributed by atoms with E-state index in [4.69, 9.17) is 39.5 Å². The highest BCUT2D eigenvalue weighted by atomic mass is 35.5. The van der Waals surface area contributed by atoms with E-state index in [2.05, 4.69) is 40.5 Å². The molecule has 0 spiro atoms. The highest BCUT2D eigenvalue weighted by Crippen LogP contribution is 2.43. The summed E-state index contributed by atoms with van der Waals surface area (Å²) in [6.07, 6.45) is 6.60. The third-order valence-electron chi connectivity index (χ3n) is 13.2. The zero-order valence-corrected chi connectivity index (χ0v) is 40.7. The molecule has 3 saturated heterocycles. The van der Waals surface area contributed by atoms with Crippen molar-refractivity contribution in [3.05, 3.63) is 90.0 Å². The number of hydrogen-bond acceptors (Lipinski definition) is 14. The predicted molar refractivity (Wildman–Crippen MR) is 264 cm³/mol. The maximum absolute atomic E-state index is 15.5. The number of pyridine rings is 2. The van der Waals surface area contributed by atoms with Crippen LogP contribution in [-0.2, 0) is 27.9 Å². The lowest BCUT2D eigenvalue weighted by atomic mass is 9.49. The van der Waals surface area contributed by atoms with Gasteiger partial charge in [-0.1, -0.05) is 25.1 Å². The van der Waals surface area contributed by atoms with Crippen molar-refractivity contribution in [1.29, 1.82) is 0 Å². The van der Waals surface area contributed by atoms with Crippen molar-refractivity contribution in [1.82, 2.24) is 29.9 Å². The second-order valence-electron chi connectivity index (χ2n) is 19.2. The first kappa shape index (κ1) is 51.5. The van der Waals surface area contributed by atoms with Gasteiger partial charge in [-0.05, 0) is 126 Å². The number of nitrogens with one attached hydrogen (secondary N) is 2. The predicted octanol–water partition coefficient (Wildman–Crippen LogP) is 9.58. The first-order valence-electron chi connectivity index (χ1n) is 21.7. The van der Waals surface area contributed by atoms with Gasteiger partial charge in [-0.2, -0.15) is 0 Å². The van der Waals surface area contributed by atoms with Crippen LogP contribution in [-0.4, -0.2) is 98.7 Å². The number of rotatable bonds is 6. The number of fused-ring (bicyclic) bond motifs is 2. The Morgan fingerprint density at radius 1 is 0.507 bits per heavy atom. The van der Waals surface area contributed by atoms with Crippen LogP contribution in [0.3, 0.4) is 0 Å². The summed E-state index contributed by atoms with van der Waals surface area (Å²) in [7, 11) is 1.72. The molecule has 3 aliphatic heterocycles. The van der Waals surface area contributed by atoms with Gasteiger partial charge in [0, 0.05) is 66.2 Å². The number of aromatic nitrogens is 6. The van der Waals surface area contributed by atoms with Gasteiger partial charge < -0.3 is 38.6 Å². The number of anilines is 2. The molecule has 0 amide bonds. The molecule has 4 aromatic heterocycles. The van der Waals surface area contributed by atoms with Crippen LogP contribution < -0.4 is 16.1 Å². The molecule has 0 saturated carbocycles. The first-order valence-corrected chi connectivity index (χ1v) is 22.1. The first-order chi connectivity index (χ1) is 30.8. The number of nitrogens with zero attached hydrogens (tertiary/aromatic N) is 6. The fourth-order valence-electron chi connectivity index (χ4n) is 7.10. The lowest BCUT2D eigenvalue weighted by molar-refractivity contribution is 0.00578. The van der Waals surface area contributed by atoms with E-state index in [0.29, 0.717) is 50.6 Å². The van der Waals surface area contributed by atoms with Crippen LogP contribution in [0.5, 0.6) is 0 Å². The molecule has 354 valence electrons. The molecule has 67 heavy (non-hydrogen) atoms. The normalized spacial score (nSPS) is 19.3. The molecule has 0 aliphatic carbocycles. The van der Waals surface area contributed by atoms with Crippen molar-refractivity contribution < 1.29 is 36.7 Å². The SMILES string of the molecule is C.CC1(C)OB(B2OC(C)(C)C(C)(C)O2)OC1(C)C.CNc1nc(-c2cccnc2)nc2c(F)c(B3OC(C)(C)C(C)(C)O3)ccc12.CNc1nc(-c2cccnc2)nc2c(F)c(Cl)ccc12. The summed E-state index contributed by atoms with van der Waals surface area (Å²) in [6.45, 7) is 24.0. The Bertz CT molecular complexity index is 2660. The molecule has 0 atom stereocenters. The molecule has 7 heterocycles. The van der Waals surface area contributed by atoms with Crippen molar-refractivity contribution in [2.75, 3.05) is 24.7 Å². The summed E-state index contributed by atoms with van der Waals surface area (Å²) in [4.78, 5) is 25.8. The fraction of sp³-hybridized carbons (Fsp3) is 0.447. The maximum Gasteiger partial charge on any atom is 0.497 e. The van der Waals surface area contributed by atoms with Gasteiger partial charge in [-0.15, -0.1) is 0 Å². The fourth-order valence-corrected chi connectivity index (χ4v) is 7.25. The molecule has 0 unspecified atom stereocenters. The van der Waals surface area contributed by atoms with Gasteiger partial charge in [-0.3, -0.25) is 9.97 Å². The Morgan fingerprint density at radius 2 is 0.881 bits per heavy atom. The Balaban J connectivity index is 0.000000170. The van der Waals surface area contributed by atoms with Crippen molar-refractivity contribution in [3.8, 4) is 22.8 Å². The van der Waals surface area contributed by atoms with Crippen LogP contribution in [0.15, 0.2) is 73.3 Å². The van der Waals surface area contributed by atoms with E-state index in [0.717, 1.165) is 0 Å². The average molecular weight is 939 g/mol. The minimum atomic E-state index is -0.802. The molecule has 14 nitrogen and oxygen atoms in total. The Morgan fingerprint density at radius 3 is 1.25 bits per heavy atom. The molecular formula is C47H60B3ClF2N8O6. The van der Waals surface area contributed by atoms with Gasteiger partial charge in [0.05, 0.1) is 38.6 Å². The molecule has 9 rings (SSSR count). The second-order valence-corrected chi connectivity index (χ2v) is 19.6. The van der Waals surface area contributed by atoms with E-state index in [1.807, 2.05) is 95.2 Å². The number of hydrogen-bond donors (Lipinski definition) is 2. The van der Waals surface area contributed by atoms with Gasteiger partial charge in [0.2, 0.25) is 0 Å². The molecule has 6 aromatic rings. The van der Waals surface area contributed by atoms with Crippen molar-refractivity contribution in [2.24, 2.45) is 0 Å². The highest BCUT2D eigenvalue weighted by Gasteiger charge is 2.63. The monoisotopic (exact) mass is 938 g/mol. The minimum absolute atomic E-state index is 0. The Labute approximate surface area is 398 Å². The van der Waals surface area contributed by atoms with Crippen LogP contribution >= 0.6 is 11.6 Å². The van der Waals surface area contributed by atoms with Gasteiger partial charge in [-0.25, -0.2) is 28.7 Å². The second kappa shape index (κ2) is 18.9. The standard InChI is InChI=1S/C20H22BFN4O2.C14H10ClFN4.C12H24B2O4.CH4/c1-19(2)20(3,4)28-21(27-19)14-9-8-13-16(15(14)22)25-17(26-18(13)23-5)12-7-6-10-24-11-12;1-17-14-9-4-5-10(15)11(16)12(9)19-13(20-14)8-3-2-6-18-7-8;1-9(2)10(3,4)16-13(15-9)14-17-11(5,6)12(7,8)18-14;/h6-11H,1-5H3,(H,23,25,26);2-7H,1H3,(H,17,19,20);1-8H3;1H4. The van der Waals surface area contributed by atoms with Crippen molar-refractivity contribution in [2.45, 2.75) is 124 Å². The van der Waals surface area contributed by atoms with Gasteiger partial charge >= 0.3 is 21.1 Å². The Kier molecular flexibility index (Phi) is 14.5. The van der Waals surface area contributed by atoms with Crippen LogP contribution in [0, 0.1) is 11.6 Å². The van der Waals surface area contributed by atoms with Gasteiger partial charge in [0.1, 0.15) is 28.5 Å². The lowest BCUT2D eigenvalue weighted by Gasteiger charge is -2.32. The van der Waals surface area contributed by atoms with Gasteiger partial charge in [0.15, 0.2) is 17.5 Å². The summed E-state index contributed by atoms with van der Waals surface area (Å²) >= 11 is 5.81. The zero-order chi connectivity index (χ0) is 48.2. The Hall–Kier alpha value is -4.88. The quantitative estimate of drug-likeness (QED) is 0.152. The third-order valence-corrected chi connectivity index (χ3v) is 13.5. The van der Waals surface area contributed by atoms with Crippen LogP contribution in [0.25, 0.3) is 44.6 Å². The highest BCUT2D eigenvalue weighted by molar-refractivity contribution is 7.11. The summed E-state index contributed by atoms with van der Waals surface area (Å²) in [6, 6.07) is 13.9. The van der Waals surface area contributed by atoms with E-state index >= 15 is 4.39 Å². The molecule has 0 bridgehead atoms. The maximum atomic E-state index is 15.5. The van der Waals surface area contributed by atoms with Crippen LogP contribution in [0.4, 0.5) is 20.4 Å². The molecule has 2 aromatic carbocycles. The van der Waals surface area contributed by atoms with Crippen molar-refractivity contribution >= 4 is 71.6 Å². The average Bonchev–Trinajstić information content (AvgIpc) is 3.74. The number of halogens is 3. The molecule has 3 aliphatic rings. The van der Waals surface area contributed by atoms with Crippen molar-refractivity contribution in [3.63, 3.8) is 0 Å². The largest absolute Gasteiger partial charge is 0.497 e. The molecular weight excluding hydrogens is 878 g/mol. The smallest absolute Gasteiger partial charge is 0.405 e. The third kappa shape index (κ3) is 10.0. The molecule has 20 heteroatoms.